The number of nitriles is 1. The summed E-state index contributed by atoms with van der Waals surface area (Å²) in [5.41, 5.74) is 0.646. The van der Waals surface area contributed by atoms with Gasteiger partial charge >= 0.3 is 0 Å². The number of rotatable bonds is 6. The van der Waals surface area contributed by atoms with Crippen molar-refractivity contribution in [3.8, 4) is 11.8 Å². The van der Waals surface area contributed by atoms with E-state index in [0.717, 1.165) is 24.8 Å². The van der Waals surface area contributed by atoms with E-state index in [1.807, 2.05) is 0 Å². The van der Waals surface area contributed by atoms with Crippen LogP contribution >= 0.6 is 22.9 Å². The van der Waals surface area contributed by atoms with Crippen molar-refractivity contribution in [3.05, 3.63) is 45.3 Å². The van der Waals surface area contributed by atoms with E-state index < -0.39 is 5.60 Å². The van der Waals surface area contributed by atoms with Gasteiger partial charge in [-0.15, -0.1) is 11.3 Å². The smallest absolute Gasteiger partial charge is 0.268 e. The lowest BCUT2D eigenvalue weighted by Crippen LogP contribution is -2.42. The number of hydrogen-bond donors (Lipinski definition) is 1. The zero-order valence-corrected chi connectivity index (χ0v) is 18.0. The van der Waals surface area contributed by atoms with E-state index in [1.165, 1.54) is 17.7 Å². The van der Waals surface area contributed by atoms with Gasteiger partial charge in [0, 0.05) is 9.90 Å². The normalized spacial score (nSPS) is 16.2. The number of hydrogen-bond acceptors (Lipinski definition) is 4. The molecule has 1 aromatic heterocycles. The van der Waals surface area contributed by atoms with Crippen LogP contribution in [0.15, 0.2) is 24.3 Å². The van der Waals surface area contributed by atoms with Gasteiger partial charge in [-0.25, -0.2) is 0 Å². The maximum atomic E-state index is 12.9. The van der Waals surface area contributed by atoms with Gasteiger partial charge < -0.3 is 10.1 Å². The fourth-order valence-electron chi connectivity index (χ4n) is 3.61. The van der Waals surface area contributed by atoms with Gasteiger partial charge in [0.2, 0.25) is 0 Å². The minimum atomic E-state index is -1.09. The Hall–Kier alpha value is -2.03. The van der Waals surface area contributed by atoms with Gasteiger partial charge in [0.15, 0.2) is 5.60 Å². The maximum Gasteiger partial charge on any atom is 0.268 e. The van der Waals surface area contributed by atoms with Crippen LogP contribution in [0.2, 0.25) is 5.02 Å². The molecule has 2 aromatic rings. The second kappa shape index (κ2) is 8.55. The molecule has 1 N–H and O–H groups in total. The van der Waals surface area contributed by atoms with Crippen LogP contribution in [-0.2, 0) is 17.6 Å². The summed E-state index contributed by atoms with van der Waals surface area (Å²) >= 11 is 7.44. The summed E-state index contributed by atoms with van der Waals surface area (Å²) in [6.07, 6.45) is 5.42. The van der Waals surface area contributed by atoms with Crippen molar-refractivity contribution in [1.82, 2.24) is 0 Å². The van der Waals surface area contributed by atoms with Crippen LogP contribution in [0.25, 0.3) is 0 Å². The Morgan fingerprint density at radius 2 is 2.11 bits per heavy atom. The molecule has 0 saturated carbocycles. The summed E-state index contributed by atoms with van der Waals surface area (Å²) in [6, 6.07) is 9.21. The number of carbonyl (C=O) groups excluding carboxylic acids is 1. The minimum Gasteiger partial charge on any atom is -0.478 e. The van der Waals surface area contributed by atoms with Gasteiger partial charge in [0.05, 0.1) is 5.56 Å². The van der Waals surface area contributed by atoms with Crippen LogP contribution in [0.1, 0.15) is 56.0 Å². The van der Waals surface area contributed by atoms with Gasteiger partial charge in [0.1, 0.15) is 16.8 Å². The Balaban J connectivity index is 1.76. The molecule has 1 aromatic carbocycles. The molecule has 1 aliphatic carbocycles. The number of anilines is 1. The quantitative estimate of drug-likeness (QED) is 0.630. The molecule has 0 fully saturated rings. The fraction of sp³-hybridized carbons (Fsp3) is 0.455. The summed E-state index contributed by atoms with van der Waals surface area (Å²) in [7, 11) is 0. The van der Waals surface area contributed by atoms with E-state index in [0.29, 0.717) is 27.3 Å². The maximum absolute atomic E-state index is 12.9. The first kappa shape index (κ1) is 20.7. The van der Waals surface area contributed by atoms with Crippen LogP contribution in [0.3, 0.4) is 0 Å². The average molecular weight is 417 g/mol. The SMILES string of the molecule is CCCC1CCc2c(sc(NC(=O)C(C)(C)Oc3ccc(Cl)cc3)c2C#N)C1. The molecule has 0 bridgehead atoms. The zero-order valence-electron chi connectivity index (χ0n) is 16.5. The molecular weight excluding hydrogens is 392 g/mol. The molecule has 148 valence electrons. The largest absolute Gasteiger partial charge is 0.478 e. The zero-order chi connectivity index (χ0) is 20.3. The van der Waals surface area contributed by atoms with Crippen LogP contribution in [0.4, 0.5) is 5.00 Å². The first-order chi connectivity index (χ1) is 13.3. The summed E-state index contributed by atoms with van der Waals surface area (Å²) in [4.78, 5) is 14.1. The summed E-state index contributed by atoms with van der Waals surface area (Å²) in [6.45, 7) is 5.64. The van der Waals surface area contributed by atoms with Gasteiger partial charge in [-0.1, -0.05) is 31.4 Å². The number of amides is 1. The second-order valence-corrected chi connectivity index (χ2v) is 9.28. The first-order valence-corrected chi connectivity index (χ1v) is 10.8. The summed E-state index contributed by atoms with van der Waals surface area (Å²) in [5, 5.41) is 13.9. The number of fused-ring (bicyclic) bond motifs is 1. The number of halogens is 1. The van der Waals surface area contributed by atoms with Crippen molar-refractivity contribution < 1.29 is 9.53 Å². The van der Waals surface area contributed by atoms with Crippen molar-refractivity contribution >= 4 is 33.8 Å². The van der Waals surface area contributed by atoms with Gasteiger partial charge in [-0.2, -0.15) is 5.26 Å². The molecule has 1 atom stereocenters. The molecule has 3 rings (SSSR count). The number of carbonyl (C=O) groups is 1. The summed E-state index contributed by atoms with van der Waals surface area (Å²) in [5.74, 6) is 0.969. The highest BCUT2D eigenvalue weighted by Crippen LogP contribution is 2.40. The van der Waals surface area contributed by atoms with Gasteiger partial charge in [-0.05, 0) is 68.9 Å². The van der Waals surface area contributed by atoms with E-state index >= 15 is 0 Å². The second-order valence-electron chi connectivity index (χ2n) is 7.74. The van der Waals surface area contributed by atoms with Gasteiger partial charge in [0.25, 0.3) is 5.91 Å². The number of nitrogens with one attached hydrogen (secondary N) is 1. The number of nitrogens with zero attached hydrogens (tertiary/aromatic N) is 1. The van der Waals surface area contributed by atoms with E-state index in [1.54, 1.807) is 49.4 Å². The Labute approximate surface area is 175 Å². The lowest BCUT2D eigenvalue weighted by Gasteiger charge is -2.25. The Bertz CT molecular complexity index is 896. The van der Waals surface area contributed by atoms with Crippen LogP contribution in [0, 0.1) is 17.2 Å². The Morgan fingerprint density at radius 1 is 1.39 bits per heavy atom. The predicted molar refractivity (Wildman–Crippen MR) is 114 cm³/mol. The predicted octanol–water partition coefficient (Wildman–Crippen LogP) is 5.97. The Kier molecular flexibility index (Phi) is 6.32. The molecule has 1 aliphatic rings. The van der Waals surface area contributed by atoms with E-state index in [9.17, 15) is 10.1 Å². The minimum absolute atomic E-state index is 0.275. The molecule has 0 spiro atoms. The third kappa shape index (κ3) is 4.51. The number of ether oxygens (including phenoxy) is 1. The molecule has 1 heterocycles. The molecular formula is C22H25ClN2O2S. The molecule has 28 heavy (non-hydrogen) atoms. The molecule has 1 amide bonds. The molecule has 6 heteroatoms. The van der Waals surface area contributed by atoms with E-state index in [-0.39, 0.29) is 5.91 Å². The fourth-order valence-corrected chi connectivity index (χ4v) is 5.05. The highest BCUT2D eigenvalue weighted by molar-refractivity contribution is 7.16. The monoisotopic (exact) mass is 416 g/mol. The van der Waals surface area contributed by atoms with Gasteiger partial charge in [-0.3, -0.25) is 4.79 Å². The highest BCUT2D eigenvalue weighted by atomic mass is 35.5. The molecule has 1 unspecified atom stereocenters. The molecule has 0 saturated heterocycles. The van der Waals surface area contributed by atoms with E-state index in [4.69, 9.17) is 16.3 Å². The standard InChI is InChI=1S/C22H25ClN2O2S/c1-4-5-14-6-11-17-18(13-24)20(28-19(17)12-14)25-21(26)22(2,3)27-16-9-7-15(23)8-10-16/h7-10,14H,4-6,11-12H2,1-3H3,(H,25,26). The third-order valence-corrected chi connectivity index (χ3v) is 6.56. The van der Waals surface area contributed by atoms with Crippen molar-refractivity contribution in [3.63, 3.8) is 0 Å². The highest BCUT2D eigenvalue weighted by Gasteiger charge is 2.33. The van der Waals surface area contributed by atoms with Crippen molar-refractivity contribution in [1.29, 1.82) is 5.26 Å². The Morgan fingerprint density at radius 3 is 2.75 bits per heavy atom. The van der Waals surface area contributed by atoms with Crippen LogP contribution in [0.5, 0.6) is 5.75 Å². The first-order valence-electron chi connectivity index (χ1n) is 9.64. The molecule has 0 radical (unpaired) electrons. The van der Waals surface area contributed by atoms with E-state index in [2.05, 4.69) is 18.3 Å². The average Bonchev–Trinajstić information content (AvgIpc) is 3.00. The topological polar surface area (TPSA) is 62.1 Å². The van der Waals surface area contributed by atoms with Crippen LogP contribution < -0.4 is 10.1 Å². The van der Waals surface area contributed by atoms with Crippen molar-refractivity contribution in [2.45, 2.75) is 58.5 Å². The lowest BCUT2D eigenvalue weighted by molar-refractivity contribution is -0.128. The molecule has 0 aliphatic heterocycles. The van der Waals surface area contributed by atoms with Crippen molar-refractivity contribution in [2.75, 3.05) is 5.32 Å². The number of thiophene rings is 1. The molecule has 4 nitrogen and oxygen atoms in total. The van der Waals surface area contributed by atoms with Crippen molar-refractivity contribution in [2.24, 2.45) is 5.92 Å². The number of benzene rings is 1. The van der Waals surface area contributed by atoms with Crippen LogP contribution in [-0.4, -0.2) is 11.5 Å². The third-order valence-electron chi connectivity index (χ3n) is 5.14. The summed E-state index contributed by atoms with van der Waals surface area (Å²) < 4.78 is 5.87. The lowest BCUT2D eigenvalue weighted by atomic mass is 9.85.